The van der Waals surface area contributed by atoms with Crippen LogP contribution in [0.25, 0.3) is 22.6 Å². The molecule has 2 aromatic carbocycles. The Morgan fingerprint density at radius 2 is 1.83 bits per heavy atom. The molecule has 1 heterocycles. The number of benzene rings is 2. The van der Waals surface area contributed by atoms with E-state index in [0.717, 1.165) is 28.8 Å². The molecule has 1 N–H and O–H groups in total. The molecule has 1 aromatic heterocycles. The lowest BCUT2D eigenvalue weighted by atomic mass is 10.0. The van der Waals surface area contributed by atoms with Gasteiger partial charge in [-0.1, -0.05) is 42.5 Å². The van der Waals surface area contributed by atoms with Crippen molar-refractivity contribution in [1.29, 1.82) is 0 Å². The maximum atomic E-state index is 11.8. The minimum atomic E-state index is -0.915. The predicted molar refractivity (Wildman–Crippen MR) is 90.8 cm³/mol. The summed E-state index contributed by atoms with van der Waals surface area (Å²) in [5, 5.41) is 21.6. The average Bonchev–Trinajstić information content (AvgIpc) is 2.97. The number of hydrogen-bond acceptors (Lipinski definition) is 3. The van der Waals surface area contributed by atoms with Gasteiger partial charge in [-0.05, 0) is 41.7 Å². The molecular formula is C20H14NO3-. The molecule has 118 valence electrons. The van der Waals surface area contributed by atoms with Gasteiger partial charge >= 0.3 is 5.97 Å². The zero-order valence-electron chi connectivity index (χ0n) is 12.8. The second-order valence-electron chi connectivity index (χ2n) is 5.87. The topological polar surface area (TPSA) is 73.2 Å². The van der Waals surface area contributed by atoms with Crippen molar-refractivity contribution in [1.82, 2.24) is 4.98 Å². The van der Waals surface area contributed by atoms with Crippen LogP contribution in [-0.2, 0) is 6.42 Å². The van der Waals surface area contributed by atoms with Gasteiger partial charge < -0.3 is 10.2 Å². The molecule has 0 aliphatic heterocycles. The number of nitrogens with zero attached hydrogens (tertiary/aromatic N) is 1. The summed E-state index contributed by atoms with van der Waals surface area (Å²) in [5.41, 5.74) is 4.54. The summed E-state index contributed by atoms with van der Waals surface area (Å²) in [4.78, 5) is 16.5. The first-order valence-corrected chi connectivity index (χ1v) is 7.76. The summed E-state index contributed by atoms with van der Waals surface area (Å²) in [7, 11) is 0. The SMILES string of the molecule is O=C(O)c1c2c(nc3ccccc13)/C(=C/c1ccc([O-])cc1)CC2. The Labute approximate surface area is 138 Å². The normalized spacial score (nSPS) is 14.9. The zero-order valence-corrected chi connectivity index (χ0v) is 12.8. The number of aromatic carboxylic acids is 1. The number of aromatic nitrogens is 1. The van der Waals surface area contributed by atoms with Gasteiger partial charge in [0, 0.05) is 5.39 Å². The first kappa shape index (κ1) is 14.5. The molecule has 4 rings (SSSR count). The molecule has 0 atom stereocenters. The van der Waals surface area contributed by atoms with Gasteiger partial charge in [-0.25, -0.2) is 9.78 Å². The van der Waals surface area contributed by atoms with E-state index in [1.165, 1.54) is 12.1 Å². The van der Waals surface area contributed by atoms with Crippen molar-refractivity contribution in [2.45, 2.75) is 12.8 Å². The minimum Gasteiger partial charge on any atom is -0.872 e. The Bertz CT molecular complexity index is 988. The van der Waals surface area contributed by atoms with Gasteiger partial charge in [0.1, 0.15) is 0 Å². The third kappa shape index (κ3) is 2.33. The van der Waals surface area contributed by atoms with Gasteiger partial charge in [0.05, 0.1) is 16.8 Å². The van der Waals surface area contributed by atoms with Crippen LogP contribution in [0.1, 0.15) is 33.6 Å². The maximum absolute atomic E-state index is 11.8. The highest BCUT2D eigenvalue weighted by Gasteiger charge is 2.26. The van der Waals surface area contributed by atoms with Crippen LogP contribution in [0.4, 0.5) is 0 Å². The van der Waals surface area contributed by atoms with Crippen molar-refractivity contribution in [3.05, 3.63) is 70.9 Å². The van der Waals surface area contributed by atoms with Crippen molar-refractivity contribution in [2.24, 2.45) is 0 Å². The fourth-order valence-electron chi connectivity index (χ4n) is 3.29. The summed E-state index contributed by atoms with van der Waals surface area (Å²) < 4.78 is 0. The van der Waals surface area contributed by atoms with Gasteiger partial charge in [-0.3, -0.25) is 0 Å². The fourth-order valence-corrected chi connectivity index (χ4v) is 3.29. The summed E-state index contributed by atoms with van der Waals surface area (Å²) in [5.74, 6) is -0.942. The lowest BCUT2D eigenvalue weighted by Gasteiger charge is -2.09. The largest absolute Gasteiger partial charge is 0.872 e. The molecule has 3 aromatic rings. The first-order chi connectivity index (χ1) is 11.6. The summed E-state index contributed by atoms with van der Waals surface area (Å²) >= 11 is 0. The van der Waals surface area contributed by atoms with E-state index in [1.807, 2.05) is 24.3 Å². The van der Waals surface area contributed by atoms with Crippen LogP contribution in [0.15, 0.2) is 48.5 Å². The lowest BCUT2D eigenvalue weighted by molar-refractivity contribution is -0.268. The maximum Gasteiger partial charge on any atom is 0.336 e. The van der Waals surface area contributed by atoms with Gasteiger partial charge in [0.15, 0.2) is 0 Å². The second kappa shape index (κ2) is 5.49. The van der Waals surface area contributed by atoms with Crippen LogP contribution in [0.2, 0.25) is 0 Å². The smallest absolute Gasteiger partial charge is 0.336 e. The fraction of sp³-hybridized carbons (Fsp3) is 0.100. The van der Waals surface area contributed by atoms with Crippen LogP contribution in [0.3, 0.4) is 0 Å². The molecular weight excluding hydrogens is 302 g/mol. The van der Waals surface area contributed by atoms with Crippen molar-refractivity contribution < 1.29 is 15.0 Å². The number of allylic oxidation sites excluding steroid dienone is 1. The molecule has 0 saturated heterocycles. The van der Waals surface area contributed by atoms with E-state index >= 15 is 0 Å². The molecule has 1 aliphatic rings. The van der Waals surface area contributed by atoms with E-state index in [2.05, 4.69) is 0 Å². The molecule has 24 heavy (non-hydrogen) atoms. The Balaban J connectivity index is 1.92. The first-order valence-electron chi connectivity index (χ1n) is 7.76. The summed E-state index contributed by atoms with van der Waals surface area (Å²) in [6, 6.07) is 13.9. The summed E-state index contributed by atoms with van der Waals surface area (Å²) in [6.45, 7) is 0. The zero-order chi connectivity index (χ0) is 16.7. The van der Waals surface area contributed by atoms with E-state index in [1.54, 1.807) is 18.2 Å². The third-order valence-electron chi connectivity index (χ3n) is 4.38. The highest BCUT2D eigenvalue weighted by molar-refractivity contribution is 6.06. The number of fused-ring (bicyclic) bond motifs is 2. The van der Waals surface area contributed by atoms with Crippen LogP contribution in [0, 0.1) is 0 Å². The van der Waals surface area contributed by atoms with E-state index in [0.29, 0.717) is 22.9 Å². The molecule has 0 amide bonds. The molecule has 0 unspecified atom stereocenters. The Morgan fingerprint density at radius 3 is 2.58 bits per heavy atom. The number of carboxylic acids is 1. The van der Waals surface area contributed by atoms with E-state index in [-0.39, 0.29) is 5.75 Å². The standard InChI is InChI=1S/C20H15NO3/c22-14-8-5-12(6-9-14)11-13-7-10-16-18(20(23)24)15-3-1-2-4-17(15)21-19(13)16/h1-6,8-9,11,22H,7,10H2,(H,23,24)/p-1/b13-11+. The van der Waals surface area contributed by atoms with Crippen molar-refractivity contribution in [2.75, 3.05) is 0 Å². The molecule has 0 bridgehead atoms. The van der Waals surface area contributed by atoms with Crippen molar-refractivity contribution in [3.63, 3.8) is 0 Å². The number of rotatable bonds is 2. The minimum absolute atomic E-state index is 0.0266. The molecule has 4 nitrogen and oxygen atoms in total. The lowest BCUT2D eigenvalue weighted by Crippen LogP contribution is -2.05. The van der Waals surface area contributed by atoms with Gasteiger partial charge in [0.25, 0.3) is 0 Å². The van der Waals surface area contributed by atoms with Crippen LogP contribution in [0.5, 0.6) is 5.75 Å². The molecule has 0 saturated carbocycles. The van der Waals surface area contributed by atoms with E-state index < -0.39 is 5.97 Å². The quantitative estimate of drug-likeness (QED) is 0.785. The predicted octanol–water partition coefficient (Wildman–Crippen LogP) is 3.49. The summed E-state index contributed by atoms with van der Waals surface area (Å²) in [6.07, 6.45) is 3.40. The van der Waals surface area contributed by atoms with Gasteiger partial charge in [0.2, 0.25) is 0 Å². The molecule has 0 radical (unpaired) electrons. The van der Waals surface area contributed by atoms with Crippen molar-refractivity contribution >= 4 is 28.5 Å². The Kier molecular flexibility index (Phi) is 3.31. The van der Waals surface area contributed by atoms with E-state index in [4.69, 9.17) is 4.98 Å². The molecule has 0 spiro atoms. The Hall–Kier alpha value is -3.14. The van der Waals surface area contributed by atoms with E-state index in [9.17, 15) is 15.0 Å². The average molecular weight is 316 g/mol. The number of carboxylic acid groups (broad SMARTS) is 1. The van der Waals surface area contributed by atoms with Crippen molar-refractivity contribution in [3.8, 4) is 5.75 Å². The van der Waals surface area contributed by atoms with Crippen LogP contribution >= 0.6 is 0 Å². The number of carbonyl (C=O) groups is 1. The molecule has 0 fully saturated rings. The monoisotopic (exact) mass is 316 g/mol. The second-order valence-corrected chi connectivity index (χ2v) is 5.87. The van der Waals surface area contributed by atoms with Crippen LogP contribution < -0.4 is 5.11 Å². The number of hydrogen-bond donors (Lipinski definition) is 1. The number of para-hydroxylation sites is 1. The highest BCUT2D eigenvalue weighted by Crippen LogP contribution is 2.37. The molecule has 1 aliphatic carbocycles. The van der Waals surface area contributed by atoms with Gasteiger partial charge in [-0.15, -0.1) is 5.75 Å². The highest BCUT2D eigenvalue weighted by atomic mass is 16.4. The van der Waals surface area contributed by atoms with Gasteiger partial charge in [-0.2, -0.15) is 0 Å². The third-order valence-corrected chi connectivity index (χ3v) is 4.38. The Morgan fingerprint density at radius 1 is 1.08 bits per heavy atom. The number of pyridine rings is 1. The molecule has 4 heteroatoms. The van der Waals surface area contributed by atoms with Crippen LogP contribution in [-0.4, -0.2) is 16.1 Å².